The zero-order valence-electron chi connectivity index (χ0n) is 16.0. The van der Waals surface area contributed by atoms with Crippen LogP contribution in [0.15, 0.2) is 24.3 Å². The number of alkyl halides is 5. The number of nitrogens with one attached hydrogen (secondary N) is 1. The first-order chi connectivity index (χ1) is 13.9. The molecule has 0 spiro atoms. The molecular weight excluding hydrogens is 415 g/mol. The van der Waals surface area contributed by atoms with Crippen molar-refractivity contribution in [1.82, 2.24) is 5.48 Å². The van der Waals surface area contributed by atoms with Gasteiger partial charge in [-0.1, -0.05) is 12.1 Å². The van der Waals surface area contributed by atoms with E-state index in [-0.39, 0.29) is 38.5 Å². The number of aliphatic hydroxyl groups excluding tert-OH is 1. The number of amides is 1. The number of aliphatic hydroxyl groups is 1. The minimum Gasteiger partial charge on any atom is -0.406 e. The number of ether oxygens (including phenoxy) is 1. The second-order valence-electron chi connectivity index (χ2n) is 7.64. The fraction of sp³-hybridized carbons (Fsp3) is 0.632. The van der Waals surface area contributed by atoms with Crippen molar-refractivity contribution in [3.8, 4) is 5.75 Å². The van der Waals surface area contributed by atoms with Crippen molar-refractivity contribution in [2.24, 2.45) is 17.6 Å². The molecule has 1 aromatic carbocycles. The number of nitrogens with two attached hydrogens (primary N) is 1. The average Bonchev–Trinajstić information content (AvgIpc) is 2.66. The Morgan fingerprint density at radius 2 is 1.80 bits per heavy atom. The van der Waals surface area contributed by atoms with Crippen LogP contribution in [0.5, 0.6) is 5.75 Å². The van der Waals surface area contributed by atoms with Gasteiger partial charge in [-0.15, -0.1) is 13.2 Å². The molecule has 1 saturated carbocycles. The Morgan fingerprint density at radius 1 is 1.23 bits per heavy atom. The summed E-state index contributed by atoms with van der Waals surface area (Å²) in [6.07, 6.45) is -6.63. The Morgan fingerprint density at radius 3 is 2.30 bits per heavy atom. The summed E-state index contributed by atoms with van der Waals surface area (Å²) >= 11 is 0. The SMILES string of the molecule is NC(Cc1ccc(OC(F)(F)F)cc1)C(O)CC(C(=O)NO)C1CCC(F)(F)CC1. The highest BCUT2D eigenvalue weighted by Gasteiger charge is 2.40. The normalized spacial score (nSPS) is 20.3. The van der Waals surface area contributed by atoms with E-state index in [1.54, 1.807) is 0 Å². The van der Waals surface area contributed by atoms with Gasteiger partial charge in [0, 0.05) is 24.8 Å². The quantitative estimate of drug-likeness (QED) is 0.282. The number of benzene rings is 1. The molecule has 1 aliphatic rings. The van der Waals surface area contributed by atoms with Crippen molar-refractivity contribution in [1.29, 1.82) is 0 Å². The van der Waals surface area contributed by atoms with Gasteiger partial charge in [0.1, 0.15) is 5.75 Å². The third-order valence-electron chi connectivity index (χ3n) is 5.40. The van der Waals surface area contributed by atoms with Gasteiger partial charge in [-0.3, -0.25) is 10.0 Å². The maximum atomic E-state index is 13.4. The van der Waals surface area contributed by atoms with E-state index in [0.29, 0.717) is 5.56 Å². The summed E-state index contributed by atoms with van der Waals surface area (Å²) in [5, 5.41) is 19.4. The fourth-order valence-corrected chi connectivity index (χ4v) is 3.73. The van der Waals surface area contributed by atoms with Crippen LogP contribution in [-0.2, 0) is 11.2 Å². The summed E-state index contributed by atoms with van der Waals surface area (Å²) in [4.78, 5) is 12.0. The maximum Gasteiger partial charge on any atom is 0.573 e. The molecule has 3 atom stereocenters. The molecule has 1 aromatic rings. The lowest BCUT2D eigenvalue weighted by molar-refractivity contribution is -0.274. The van der Waals surface area contributed by atoms with Crippen LogP contribution < -0.4 is 16.0 Å². The Hall–Kier alpha value is -1.98. The Labute approximate surface area is 170 Å². The average molecular weight is 440 g/mol. The van der Waals surface area contributed by atoms with Gasteiger partial charge in [0.25, 0.3) is 0 Å². The molecule has 2 rings (SSSR count). The third-order valence-corrected chi connectivity index (χ3v) is 5.40. The second kappa shape index (κ2) is 9.88. The minimum atomic E-state index is -4.81. The van der Waals surface area contributed by atoms with Gasteiger partial charge >= 0.3 is 6.36 Å². The number of hydrogen-bond donors (Lipinski definition) is 4. The van der Waals surface area contributed by atoms with Gasteiger partial charge in [-0.25, -0.2) is 14.3 Å². The number of carbonyl (C=O) groups excluding carboxylic acids is 1. The Kier molecular flexibility index (Phi) is 8.00. The molecule has 3 unspecified atom stereocenters. The van der Waals surface area contributed by atoms with E-state index in [4.69, 9.17) is 10.9 Å². The molecule has 6 nitrogen and oxygen atoms in total. The minimum absolute atomic E-state index is 0.0771. The first-order valence-corrected chi connectivity index (χ1v) is 9.50. The summed E-state index contributed by atoms with van der Waals surface area (Å²) in [6.45, 7) is 0. The number of hydrogen-bond acceptors (Lipinski definition) is 5. The van der Waals surface area contributed by atoms with Crippen LogP contribution in [0.3, 0.4) is 0 Å². The molecular formula is C19H25F5N2O4. The number of rotatable bonds is 8. The second-order valence-corrected chi connectivity index (χ2v) is 7.64. The standard InChI is InChI=1S/C19H25F5N2O4/c20-18(21)7-5-12(6-8-18)14(17(28)26-29)10-16(27)15(25)9-11-1-3-13(4-2-11)30-19(22,23)24/h1-4,12,14-16,27,29H,5-10,25H2,(H,26,28). The molecule has 0 saturated heterocycles. The van der Waals surface area contributed by atoms with Crippen LogP contribution in [0.25, 0.3) is 0 Å². The highest BCUT2D eigenvalue weighted by atomic mass is 19.4. The van der Waals surface area contributed by atoms with Crippen LogP contribution in [0.4, 0.5) is 22.0 Å². The van der Waals surface area contributed by atoms with E-state index in [9.17, 15) is 31.9 Å². The molecule has 0 aromatic heterocycles. The fourth-order valence-electron chi connectivity index (χ4n) is 3.73. The van der Waals surface area contributed by atoms with Crippen LogP contribution in [0, 0.1) is 11.8 Å². The molecule has 0 radical (unpaired) electrons. The Balaban J connectivity index is 1.96. The van der Waals surface area contributed by atoms with Crippen LogP contribution in [0.1, 0.15) is 37.7 Å². The van der Waals surface area contributed by atoms with Crippen molar-refractivity contribution >= 4 is 5.91 Å². The van der Waals surface area contributed by atoms with Gasteiger partial charge in [-0.2, -0.15) is 0 Å². The van der Waals surface area contributed by atoms with Gasteiger partial charge in [0.2, 0.25) is 11.8 Å². The molecule has 0 aliphatic heterocycles. The van der Waals surface area contributed by atoms with Gasteiger partial charge in [-0.05, 0) is 49.3 Å². The molecule has 30 heavy (non-hydrogen) atoms. The van der Waals surface area contributed by atoms with Gasteiger partial charge in [0.05, 0.1) is 6.10 Å². The summed E-state index contributed by atoms with van der Waals surface area (Å²) in [6, 6.07) is 4.11. The molecule has 0 heterocycles. The predicted octanol–water partition coefficient (Wildman–Crippen LogP) is 3.15. The largest absolute Gasteiger partial charge is 0.573 e. The lowest BCUT2D eigenvalue weighted by Gasteiger charge is -2.34. The first-order valence-electron chi connectivity index (χ1n) is 9.50. The van der Waals surface area contributed by atoms with E-state index in [0.717, 1.165) is 12.1 Å². The third kappa shape index (κ3) is 7.37. The van der Waals surface area contributed by atoms with Crippen molar-refractivity contribution in [2.45, 2.75) is 63.0 Å². The highest BCUT2D eigenvalue weighted by Crippen LogP contribution is 2.40. The van der Waals surface area contributed by atoms with E-state index in [2.05, 4.69) is 4.74 Å². The summed E-state index contributed by atoms with van der Waals surface area (Å²) in [5.41, 5.74) is 8.03. The molecule has 0 bridgehead atoms. The lowest BCUT2D eigenvalue weighted by Crippen LogP contribution is -2.43. The number of halogens is 5. The summed E-state index contributed by atoms with van der Waals surface area (Å²) < 4.78 is 67.2. The lowest BCUT2D eigenvalue weighted by atomic mass is 9.75. The highest BCUT2D eigenvalue weighted by molar-refractivity contribution is 5.77. The van der Waals surface area contributed by atoms with E-state index in [1.807, 2.05) is 0 Å². The topological polar surface area (TPSA) is 105 Å². The zero-order chi connectivity index (χ0) is 22.5. The van der Waals surface area contributed by atoms with Crippen molar-refractivity contribution in [2.75, 3.05) is 0 Å². The van der Waals surface area contributed by atoms with Crippen molar-refractivity contribution in [3.63, 3.8) is 0 Å². The molecule has 11 heteroatoms. The summed E-state index contributed by atoms with van der Waals surface area (Å²) in [7, 11) is 0. The summed E-state index contributed by atoms with van der Waals surface area (Å²) in [5.74, 6) is -5.28. The molecule has 170 valence electrons. The van der Waals surface area contributed by atoms with E-state index in [1.165, 1.54) is 17.6 Å². The number of carbonyl (C=O) groups is 1. The molecule has 1 fully saturated rings. The predicted molar refractivity (Wildman–Crippen MR) is 95.8 cm³/mol. The van der Waals surface area contributed by atoms with Gasteiger partial charge < -0.3 is 15.6 Å². The van der Waals surface area contributed by atoms with Crippen LogP contribution in [0.2, 0.25) is 0 Å². The van der Waals surface area contributed by atoms with Crippen LogP contribution >= 0.6 is 0 Å². The van der Waals surface area contributed by atoms with Crippen LogP contribution in [-0.4, -0.2) is 40.7 Å². The molecule has 1 amide bonds. The van der Waals surface area contributed by atoms with E-state index < -0.39 is 47.9 Å². The monoisotopic (exact) mass is 440 g/mol. The van der Waals surface area contributed by atoms with Crippen molar-refractivity contribution < 1.29 is 41.8 Å². The Bertz CT molecular complexity index is 689. The zero-order valence-corrected chi connectivity index (χ0v) is 16.0. The molecule has 5 N–H and O–H groups in total. The maximum absolute atomic E-state index is 13.4. The number of hydroxylamine groups is 1. The smallest absolute Gasteiger partial charge is 0.406 e. The van der Waals surface area contributed by atoms with Gasteiger partial charge in [0.15, 0.2) is 0 Å². The van der Waals surface area contributed by atoms with E-state index >= 15 is 0 Å². The molecule has 1 aliphatic carbocycles. The van der Waals surface area contributed by atoms with Crippen molar-refractivity contribution in [3.05, 3.63) is 29.8 Å². The first kappa shape index (κ1) is 24.3.